The number of likely N-dealkylation sites (tertiary alicyclic amines) is 1. The highest BCUT2D eigenvalue weighted by atomic mass is 16.2. The van der Waals surface area contributed by atoms with Gasteiger partial charge in [0.05, 0.1) is 12.2 Å². The van der Waals surface area contributed by atoms with Crippen LogP contribution in [0.4, 0.5) is 5.82 Å². The van der Waals surface area contributed by atoms with Crippen LogP contribution in [0.5, 0.6) is 0 Å². The molecular weight excluding hydrogens is 376 g/mol. The highest BCUT2D eigenvalue weighted by Gasteiger charge is 2.26. The van der Waals surface area contributed by atoms with Gasteiger partial charge in [0.15, 0.2) is 0 Å². The Morgan fingerprint density at radius 3 is 2.30 bits per heavy atom. The maximum absolute atomic E-state index is 12.9. The summed E-state index contributed by atoms with van der Waals surface area (Å²) in [6.07, 6.45) is 4.90. The summed E-state index contributed by atoms with van der Waals surface area (Å²) in [4.78, 5) is 26.9. The molecule has 162 valence electrons. The average Bonchev–Trinajstić information content (AvgIpc) is 3.15. The summed E-state index contributed by atoms with van der Waals surface area (Å²) >= 11 is 0. The molecule has 2 heterocycles. The lowest BCUT2D eigenvalue weighted by Crippen LogP contribution is -2.39. The van der Waals surface area contributed by atoms with E-state index in [0.717, 1.165) is 30.6 Å². The van der Waals surface area contributed by atoms with Crippen molar-refractivity contribution in [3.05, 3.63) is 47.7 Å². The number of nitrogens with one attached hydrogen (secondary N) is 1. The summed E-state index contributed by atoms with van der Waals surface area (Å²) < 4.78 is 1.90. The van der Waals surface area contributed by atoms with Gasteiger partial charge in [-0.3, -0.25) is 9.59 Å². The first-order valence-electron chi connectivity index (χ1n) is 11.0. The zero-order valence-electron chi connectivity index (χ0n) is 18.6. The summed E-state index contributed by atoms with van der Waals surface area (Å²) in [7, 11) is 0. The van der Waals surface area contributed by atoms with Crippen LogP contribution in [0.1, 0.15) is 68.9 Å². The normalized spacial score (nSPS) is 15.1. The maximum Gasteiger partial charge on any atom is 0.253 e. The highest BCUT2D eigenvalue weighted by molar-refractivity contribution is 5.94. The molecule has 1 aliphatic rings. The number of carbonyl (C=O) groups is 2. The molecule has 30 heavy (non-hydrogen) atoms. The zero-order chi connectivity index (χ0) is 21.7. The number of nitrogens with zero attached hydrogens (tertiary/aromatic N) is 3. The summed E-state index contributed by atoms with van der Waals surface area (Å²) in [6, 6.07) is 10.1. The van der Waals surface area contributed by atoms with E-state index in [0.29, 0.717) is 31.3 Å². The fraction of sp³-hybridized carbons (Fsp3) is 0.542. The van der Waals surface area contributed by atoms with Gasteiger partial charge in [0.2, 0.25) is 5.91 Å². The standard InChI is InChI=1S/C24H34N4O2/c1-17(2)15-19-5-7-20(8-6-19)24(30)27-13-10-21(11-14-27)28-22(9-12-25-28)26-23(29)16-18(3)4/h5-9,12,17-18,21H,10-11,13-16H2,1-4H3,(H,26,29). The number of anilines is 1. The van der Waals surface area contributed by atoms with E-state index in [1.54, 1.807) is 6.20 Å². The molecule has 2 aromatic rings. The topological polar surface area (TPSA) is 67.2 Å². The predicted octanol–water partition coefficient (Wildman–Crippen LogP) is 4.54. The van der Waals surface area contributed by atoms with Crippen molar-refractivity contribution in [1.29, 1.82) is 0 Å². The van der Waals surface area contributed by atoms with Crippen molar-refractivity contribution in [2.45, 2.75) is 59.4 Å². The Bertz CT molecular complexity index is 846. The molecule has 0 bridgehead atoms. The number of benzene rings is 1. The van der Waals surface area contributed by atoms with E-state index in [9.17, 15) is 9.59 Å². The number of hydrogen-bond donors (Lipinski definition) is 1. The first kappa shape index (κ1) is 22.1. The minimum Gasteiger partial charge on any atom is -0.338 e. The second-order valence-electron chi connectivity index (χ2n) is 9.13. The lowest BCUT2D eigenvalue weighted by Gasteiger charge is -2.33. The Hall–Kier alpha value is -2.63. The molecule has 1 aliphatic heterocycles. The minimum absolute atomic E-state index is 0.0141. The third-order valence-electron chi connectivity index (χ3n) is 5.47. The van der Waals surface area contributed by atoms with E-state index < -0.39 is 0 Å². The van der Waals surface area contributed by atoms with E-state index in [4.69, 9.17) is 0 Å². The molecule has 3 rings (SSSR count). The molecule has 1 saturated heterocycles. The number of carbonyl (C=O) groups excluding carboxylic acids is 2. The zero-order valence-corrected chi connectivity index (χ0v) is 18.6. The first-order chi connectivity index (χ1) is 14.3. The molecule has 6 heteroatoms. The second kappa shape index (κ2) is 9.92. The summed E-state index contributed by atoms with van der Waals surface area (Å²) in [6.45, 7) is 9.84. The lowest BCUT2D eigenvalue weighted by molar-refractivity contribution is -0.116. The van der Waals surface area contributed by atoms with Gasteiger partial charge in [-0.25, -0.2) is 4.68 Å². The smallest absolute Gasteiger partial charge is 0.253 e. The Kier molecular flexibility index (Phi) is 7.29. The average molecular weight is 411 g/mol. The molecule has 0 atom stereocenters. The molecule has 0 aliphatic carbocycles. The third kappa shape index (κ3) is 5.71. The van der Waals surface area contributed by atoms with Crippen molar-refractivity contribution in [2.24, 2.45) is 11.8 Å². The maximum atomic E-state index is 12.9. The summed E-state index contributed by atoms with van der Waals surface area (Å²) in [5, 5.41) is 7.41. The molecule has 0 spiro atoms. The molecule has 0 saturated carbocycles. The molecule has 1 aromatic heterocycles. The molecule has 2 amide bonds. The Morgan fingerprint density at radius 2 is 1.70 bits per heavy atom. The van der Waals surface area contributed by atoms with Crippen molar-refractivity contribution in [3.63, 3.8) is 0 Å². The van der Waals surface area contributed by atoms with Crippen molar-refractivity contribution >= 4 is 17.6 Å². The van der Waals surface area contributed by atoms with Crippen molar-refractivity contribution < 1.29 is 9.59 Å². The predicted molar refractivity (Wildman–Crippen MR) is 119 cm³/mol. The molecular formula is C24H34N4O2. The van der Waals surface area contributed by atoms with Gasteiger partial charge >= 0.3 is 0 Å². The summed E-state index contributed by atoms with van der Waals surface area (Å²) in [5.74, 6) is 1.77. The number of piperidine rings is 1. The van der Waals surface area contributed by atoms with Gasteiger partial charge < -0.3 is 10.2 Å². The van der Waals surface area contributed by atoms with Crippen LogP contribution in [0.2, 0.25) is 0 Å². The van der Waals surface area contributed by atoms with Crippen LogP contribution in [0.15, 0.2) is 36.5 Å². The van der Waals surface area contributed by atoms with Crippen molar-refractivity contribution in [1.82, 2.24) is 14.7 Å². The SMILES string of the molecule is CC(C)CC(=O)Nc1ccnn1C1CCN(C(=O)c2ccc(CC(C)C)cc2)CC1. The van der Waals surface area contributed by atoms with E-state index in [-0.39, 0.29) is 17.9 Å². The Balaban J connectivity index is 1.57. The van der Waals surface area contributed by atoms with E-state index in [1.165, 1.54) is 5.56 Å². The number of aromatic nitrogens is 2. The molecule has 0 unspecified atom stereocenters. The van der Waals surface area contributed by atoms with Gasteiger partial charge in [-0.15, -0.1) is 0 Å². The van der Waals surface area contributed by atoms with Crippen LogP contribution in [0, 0.1) is 11.8 Å². The van der Waals surface area contributed by atoms with Crippen LogP contribution >= 0.6 is 0 Å². The number of hydrogen-bond acceptors (Lipinski definition) is 3. The van der Waals surface area contributed by atoms with Crippen molar-refractivity contribution in [3.8, 4) is 0 Å². The van der Waals surface area contributed by atoms with E-state index >= 15 is 0 Å². The van der Waals surface area contributed by atoms with Crippen molar-refractivity contribution in [2.75, 3.05) is 18.4 Å². The fourth-order valence-electron chi connectivity index (χ4n) is 4.02. The van der Waals surface area contributed by atoms with Gasteiger partial charge in [-0.1, -0.05) is 39.8 Å². The fourth-order valence-corrected chi connectivity index (χ4v) is 4.02. The number of amides is 2. The van der Waals surface area contributed by atoms with Gasteiger partial charge in [0.25, 0.3) is 5.91 Å². The quantitative estimate of drug-likeness (QED) is 0.728. The summed E-state index contributed by atoms with van der Waals surface area (Å²) in [5.41, 5.74) is 2.02. The number of rotatable bonds is 7. The monoisotopic (exact) mass is 410 g/mol. The molecule has 1 fully saturated rings. The molecule has 0 radical (unpaired) electrons. The molecule has 6 nitrogen and oxygen atoms in total. The van der Waals surface area contributed by atoms with Crippen LogP contribution in [0.25, 0.3) is 0 Å². The van der Waals surface area contributed by atoms with Crippen LogP contribution < -0.4 is 5.32 Å². The largest absolute Gasteiger partial charge is 0.338 e. The molecule has 1 aromatic carbocycles. The van der Waals surface area contributed by atoms with Gasteiger partial charge in [0, 0.05) is 31.1 Å². The lowest BCUT2D eigenvalue weighted by atomic mass is 10.0. The Morgan fingerprint density at radius 1 is 1.03 bits per heavy atom. The van der Waals surface area contributed by atoms with Crippen LogP contribution in [-0.4, -0.2) is 39.6 Å². The minimum atomic E-state index is 0.0141. The first-order valence-corrected chi connectivity index (χ1v) is 11.0. The molecule has 1 N–H and O–H groups in total. The van der Waals surface area contributed by atoms with Gasteiger partial charge in [-0.05, 0) is 48.8 Å². The van der Waals surface area contributed by atoms with E-state index in [1.807, 2.05) is 41.6 Å². The van der Waals surface area contributed by atoms with Gasteiger partial charge in [0.1, 0.15) is 5.82 Å². The Labute approximate surface area is 179 Å². The highest BCUT2D eigenvalue weighted by Crippen LogP contribution is 2.26. The third-order valence-corrected chi connectivity index (χ3v) is 5.47. The second-order valence-corrected chi connectivity index (χ2v) is 9.13. The van der Waals surface area contributed by atoms with Crippen LogP contribution in [-0.2, 0) is 11.2 Å². The van der Waals surface area contributed by atoms with Crippen LogP contribution in [0.3, 0.4) is 0 Å². The van der Waals surface area contributed by atoms with Gasteiger partial charge in [-0.2, -0.15) is 5.10 Å². The van der Waals surface area contributed by atoms with E-state index in [2.05, 4.69) is 36.4 Å².